The number of rotatable bonds is 5. The van der Waals surface area contributed by atoms with Crippen LogP contribution in [0, 0.1) is 12.7 Å². The minimum atomic E-state index is -0.900. The standard InChI is InChI=1S/C23H28FN5O/c1-15-5-7-16(8-6-15)19-13-29(14-20(19)27(2)3)23(30)21-25-22(28(4)26-21)17-9-11-18(24)12-10-17/h5-12,19-20,23,30H,13-14H2,1-4H3/t19-,20+,23?/m0/s1. The molecule has 1 aliphatic heterocycles. The highest BCUT2D eigenvalue weighted by Crippen LogP contribution is 2.34. The average molecular weight is 410 g/mol. The molecule has 1 fully saturated rings. The van der Waals surface area contributed by atoms with Crippen LogP contribution in [0.1, 0.15) is 29.1 Å². The monoisotopic (exact) mass is 409 g/mol. The highest BCUT2D eigenvalue weighted by atomic mass is 19.1. The number of hydrogen-bond acceptors (Lipinski definition) is 5. The van der Waals surface area contributed by atoms with Crippen molar-refractivity contribution in [3.05, 3.63) is 71.3 Å². The van der Waals surface area contributed by atoms with E-state index in [0.29, 0.717) is 11.6 Å². The first kappa shape index (κ1) is 20.7. The molecule has 1 N–H and O–H groups in total. The van der Waals surface area contributed by atoms with Gasteiger partial charge in [0.2, 0.25) is 0 Å². The normalized spacial score (nSPS) is 20.8. The zero-order valence-electron chi connectivity index (χ0n) is 17.8. The van der Waals surface area contributed by atoms with Crippen LogP contribution in [-0.4, -0.2) is 62.9 Å². The summed E-state index contributed by atoms with van der Waals surface area (Å²) in [6, 6.07) is 15.0. The summed E-state index contributed by atoms with van der Waals surface area (Å²) in [4.78, 5) is 8.80. The first-order chi connectivity index (χ1) is 14.3. The number of aromatic nitrogens is 3. The third-order valence-electron chi connectivity index (χ3n) is 5.94. The molecular weight excluding hydrogens is 381 g/mol. The van der Waals surface area contributed by atoms with Gasteiger partial charge in [0, 0.05) is 37.7 Å². The molecule has 1 unspecified atom stereocenters. The van der Waals surface area contributed by atoms with Crippen molar-refractivity contribution in [2.75, 3.05) is 27.2 Å². The first-order valence-electron chi connectivity index (χ1n) is 10.2. The van der Waals surface area contributed by atoms with Crippen molar-refractivity contribution < 1.29 is 9.50 Å². The van der Waals surface area contributed by atoms with Crippen LogP contribution >= 0.6 is 0 Å². The summed E-state index contributed by atoms with van der Waals surface area (Å²) in [6.07, 6.45) is -0.900. The molecule has 0 bridgehead atoms. The van der Waals surface area contributed by atoms with Crippen molar-refractivity contribution in [1.29, 1.82) is 0 Å². The first-order valence-corrected chi connectivity index (χ1v) is 10.2. The van der Waals surface area contributed by atoms with Gasteiger partial charge in [0.15, 0.2) is 17.9 Å². The Bertz CT molecular complexity index is 999. The van der Waals surface area contributed by atoms with Crippen LogP contribution in [-0.2, 0) is 7.05 Å². The summed E-state index contributed by atoms with van der Waals surface area (Å²) in [7, 11) is 5.93. The Morgan fingerprint density at radius 1 is 1.07 bits per heavy atom. The molecule has 3 aromatic rings. The van der Waals surface area contributed by atoms with Crippen LogP contribution in [0.3, 0.4) is 0 Å². The molecule has 3 atom stereocenters. The second-order valence-corrected chi connectivity index (χ2v) is 8.30. The lowest BCUT2D eigenvalue weighted by molar-refractivity contribution is 0.00754. The topological polar surface area (TPSA) is 57.4 Å². The van der Waals surface area contributed by atoms with E-state index < -0.39 is 6.23 Å². The van der Waals surface area contributed by atoms with Gasteiger partial charge in [-0.05, 0) is 50.8 Å². The van der Waals surface area contributed by atoms with E-state index in [2.05, 4.69) is 60.3 Å². The number of likely N-dealkylation sites (tertiary alicyclic amines) is 1. The highest BCUT2D eigenvalue weighted by Gasteiger charge is 2.39. The number of halogens is 1. The van der Waals surface area contributed by atoms with Crippen LogP contribution in [0.25, 0.3) is 11.4 Å². The summed E-state index contributed by atoms with van der Waals surface area (Å²) in [5.74, 6) is 0.951. The molecule has 1 aliphatic rings. The smallest absolute Gasteiger partial charge is 0.195 e. The Balaban J connectivity index is 1.57. The summed E-state index contributed by atoms with van der Waals surface area (Å²) in [5, 5.41) is 15.5. The summed E-state index contributed by atoms with van der Waals surface area (Å²) < 4.78 is 14.9. The van der Waals surface area contributed by atoms with Crippen molar-refractivity contribution in [2.24, 2.45) is 7.05 Å². The van der Waals surface area contributed by atoms with Crippen molar-refractivity contribution in [3.63, 3.8) is 0 Å². The van der Waals surface area contributed by atoms with E-state index in [4.69, 9.17) is 0 Å². The molecule has 2 heterocycles. The quantitative estimate of drug-likeness (QED) is 0.702. The SMILES string of the molecule is Cc1ccc([C@@H]2CN(C(O)c3nc(-c4ccc(F)cc4)n(C)n3)C[C@H]2N(C)C)cc1. The van der Waals surface area contributed by atoms with Gasteiger partial charge in [0.05, 0.1) is 0 Å². The lowest BCUT2D eigenvalue weighted by atomic mass is 9.93. The number of nitrogens with zero attached hydrogens (tertiary/aromatic N) is 5. The number of likely N-dealkylation sites (N-methyl/N-ethyl adjacent to an activating group) is 1. The van der Waals surface area contributed by atoms with Gasteiger partial charge in [-0.25, -0.2) is 14.1 Å². The Hall–Kier alpha value is -2.61. The molecule has 6 nitrogen and oxygen atoms in total. The van der Waals surface area contributed by atoms with Gasteiger partial charge < -0.3 is 10.0 Å². The van der Waals surface area contributed by atoms with Crippen LogP contribution in [0.4, 0.5) is 4.39 Å². The third-order valence-corrected chi connectivity index (χ3v) is 5.94. The molecule has 0 spiro atoms. The lowest BCUT2D eigenvalue weighted by Crippen LogP contribution is -2.35. The Kier molecular flexibility index (Phi) is 5.69. The van der Waals surface area contributed by atoms with E-state index in [9.17, 15) is 9.50 Å². The summed E-state index contributed by atoms with van der Waals surface area (Å²) >= 11 is 0. The van der Waals surface area contributed by atoms with Crippen LogP contribution in [0.5, 0.6) is 0 Å². The van der Waals surface area contributed by atoms with Gasteiger partial charge in [-0.15, -0.1) is 0 Å². The summed E-state index contributed by atoms with van der Waals surface area (Å²) in [6.45, 7) is 3.53. The van der Waals surface area contributed by atoms with Crippen molar-refractivity contribution in [1.82, 2.24) is 24.6 Å². The molecule has 1 aromatic heterocycles. The van der Waals surface area contributed by atoms with Gasteiger partial charge in [-0.2, -0.15) is 5.10 Å². The maximum atomic E-state index is 13.2. The van der Waals surface area contributed by atoms with Gasteiger partial charge in [-0.1, -0.05) is 29.8 Å². The van der Waals surface area contributed by atoms with E-state index in [-0.39, 0.29) is 17.8 Å². The lowest BCUT2D eigenvalue weighted by Gasteiger charge is -2.25. The van der Waals surface area contributed by atoms with E-state index >= 15 is 0 Å². The van der Waals surface area contributed by atoms with Gasteiger partial charge in [0.25, 0.3) is 0 Å². The fourth-order valence-electron chi connectivity index (χ4n) is 4.21. The zero-order valence-corrected chi connectivity index (χ0v) is 17.8. The average Bonchev–Trinajstić information content (AvgIpc) is 3.33. The molecule has 2 aromatic carbocycles. The second kappa shape index (κ2) is 8.26. The molecule has 158 valence electrons. The van der Waals surface area contributed by atoms with Crippen molar-refractivity contribution >= 4 is 0 Å². The fourth-order valence-corrected chi connectivity index (χ4v) is 4.21. The van der Waals surface area contributed by atoms with Crippen LogP contribution < -0.4 is 0 Å². The van der Waals surface area contributed by atoms with Crippen LogP contribution in [0.15, 0.2) is 48.5 Å². The van der Waals surface area contributed by atoms with Gasteiger partial charge >= 0.3 is 0 Å². The third kappa shape index (κ3) is 4.01. The maximum absolute atomic E-state index is 13.2. The fraction of sp³-hybridized carbons (Fsp3) is 0.391. The molecule has 1 saturated heterocycles. The maximum Gasteiger partial charge on any atom is 0.195 e. The van der Waals surface area contributed by atoms with Gasteiger partial charge in [-0.3, -0.25) is 4.90 Å². The van der Waals surface area contributed by atoms with Crippen molar-refractivity contribution in [2.45, 2.75) is 25.1 Å². The molecule has 0 aliphatic carbocycles. The number of hydrogen-bond donors (Lipinski definition) is 1. The molecule has 0 saturated carbocycles. The highest BCUT2D eigenvalue weighted by molar-refractivity contribution is 5.54. The molecule has 4 rings (SSSR count). The van der Waals surface area contributed by atoms with Crippen LogP contribution in [0.2, 0.25) is 0 Å². The largest absolute Gasteiger partial charge is 0.371 e. The minimum Gasteiger partial charge on any atom is -0.371 e. The molecule has 0 amide bonds. The molecule has 0 radical (unpaired) electrons. The van der Waals surface area contributed by atoms with Gasteiger partial charge in [0.1, 0.15) is 5.82 Å². The van der Waals surface area contributed by atoms with E-state index in [1.54, 1.807) is 23.9 Å². The molecule has 30 heavy (non-hydrogen) atoms. The number of aliphatic hydroxyl groups excluding tert-OH is 1. The number of aryl methyl sites for hydroxylation is 2. The molecular formula is C23H28FN5O. The summed E-state index contributed by atoms with van der Waals surface area (Å²) in [5.41, 5.74) is 3.27. The second-order valence-electron chi connectivity index (χ2n) is 8.30. The zero-order chi connectivity index (χ0) is 21.4. The van der Waals surface area contributed by atoms with Crippen molar-refractivity contribution in [3.8, 4) is 11.4 Å². The Labute approximate surface area is 176 Å². The molecule has 7 heteroatoms. The Morgan fingerprint density at radius 2 is 1.73 bits per heavy atom. The predicted molar refractivity (Wildman–Crippen MR) is 114 cm³/mol. The van der Waals surface area contributed by atoms with E-state index in [1.807, 2.05) is 4.90 Å². The van der Waals surface area contributed by atoms with E-state index in [0.717, 1.165) is 18.7 Å². The minimum absolute atomic E-state index is 0.280. The van der Waals surface area contributed by atoms with E-state index in [1.165, 1.54) is 23.3 Å². The number of aliphatic hydroxyl groups is 1. The Morgan fingerprint density at radius 3 is 2.37 bits per heavy atom. The number of benzene rings is 2. The predicted octanol–water partition coefficient (Wildman–Crippen LogP) is 2.95.